The zero-order chi connectivity index (χ0) is 13.0. The molecule has 0 aliphatic rings. The van der Waals surface area contributed by atoms with Gasteiger partial charge in [-0.3, -0.25) is 9.78 Å². The fraction of sp³-hybridized carbons (Fsp3) is 0.0769. The molecule has 0 aliphatic heterocycles. The van der Waals surface area contributed by atoms with Gasteiger partial charge in [-0.1, -0.05) is 12.1 Å². The molecule has 0 aliphatic carbocycles. The third-order valence-corrected chi connectivity index (χ3v) is 2.37. The molecular formula is C13H13N3O2. The predicted octanol–water partition coefficient (Wildman–Crippen LogP) is 1.55. The van der Waals surface area contributed by atoms with Gasteiger partial charge in [0.25, 0.3) is 0 Å². The Labute approximate surface area is 104 Å². The quantitative estimate of drug-likeness (QED) is 0.714. The Morgan fingerprint density at radius 2 is 2.06 bits per heavy atom. The molecule has 0 radical (unpaired) electrons. The number of aromatic hydroxyl groups is 1. The van der Waals surface area contributed by atoms with Crippen LogP contribution in [0.1, 0.15) is 5.69 Å². The van der Waals surface area contributed by atoms with Crippen molar-refractivity contribution >= 4 is 17.3 Å². The molecule has 0 unspecified atom stereocenters. The highest BCUT2D eigenvalue weighted by atomic mass is 16.3. The van der Waals surface area contributed by atoms with Gasteiger partial charge >= 0.3 is 0 Å². The molecule has 18 heavy (non-hydrogen) atoms. The Morgan fingerprint density at radius 3 is 2.72 bits per heavy atom. The maximum Gasteiger partial charge on any atom is 0.230 e. The Kier molecular flexibility index (Phi) is 3.43. The first-order valence-electron chi connectivity index (χ1n) is 5.43. The van der Waals surface area contributed by atoms with Crippen LogP contribution in [0.5, 0.6) is 5.75 Å². The normalized spacial score (nSPS) is 10.0. The summed E-state index contributed by atoms with van der Waals surface area (Å²) < 4.78 is 0. The molecule has 0 saturated carbocycles. The van der Waals surface area contributed by atoms with Gasteiger partial charge in [-0.05, 0) is 24.3 Å². The SMILES string of the molecule is Nc1ccc(CC(=O)Nc2ccccc2O)nc1. The molecule has 1 amide bonds. The maximum absolute atomic E-state index is 11.7. The molecule has 0 saturated heterocycles. The molecule has 0 atom stereocenters. The standard InChI is InChI=1S/C13H13N3O2/c14-9-5-6-10(15-8-9)7-13(18)16-11-3-1-2-4-12(11)17/h1-6,8,17H,7,14H2,(H,16,18). The van der Waals surface area contributed by atoms with E-state index in [0.717, 1.165) is 0 Å². The first-order chi connectivity index (χ1) is 8.65. The van der Waals surface area contributed by atoms with Crippen molar-refractivity contribution in [3.8, 4) is 5.75 Å². The van der Waals surface area contributed by atoms with E-state index in [1.165, 1.54) is 12.3 Å². The number of amides is 1. The number of phenolic OH excluding ortho intramolecular Hbond substituents is 1. The minimum absolute atomic E-state index is 0.0381. The monoisotopic (exact) mass is 243 g/mol. The Morgan fingerprint density at radius 1 is 1.28 bits per heavy atom. The Balaban J connectivity index is 2.01. The molecule has 0 fully saturated rings. The van der Waals surface area contributed by atoms with Crippen LogP contribution in [-0.4, -0.2) is 16.0 Å². The number of pyridine rings is 1. The summed E-state index contributed by atoms with van der Waals surface area (Å²) in [5.41, 5.74) is 7.07. The van der Waals surface area contributed by atoms with Gasteiger partial charge in [-0.2, -0.15) is 0 Å². The van der Waals surface area contributed by atoms with Gasteiger partial charge in [0.2, 0.25) is 5.91 Å². The number of nitrogens with zero attached hydrogens (tertiary/aromatic N) is 1. The van der Waals surface area contributed by atoms with E-state index in [-0.39, 0.29) is 18.1 Å². The predicted molar refractivity (Wildman–Crippen MR) is 69.1 cm³/mol. The number of rotatable bonds is 3. The molecule has 92 valence electrons. The number of nitrogen functional groups attached to an aromatic ring is 1. The molecule has 2 aromatic rings. The van der Waals surface area contributed by atoms with Crippen LogP contribution < -0.4 is 11.1 Å². The van der Waals surface area contributed by atoms with Crippen LogP contribution in [-0.2, 0) is 11.2 Å². The smallest absolute Gasteiger partial charge is 0.230 e. The molecule has 0 bridgehead atoms. The Hall–Kier alpha value is -2.56. The highest BCUT2D eigenvalue weighted by Crippen LogP contribution is 2.21. The van der Waals surface area contributed by atoms with Crippen molar-refractivity contribution in [2.24, 2.45) is 0 Å². The number of nitrogens with two attached hydrogens (primary N) is 1. The van der Waals surface area contributed by atoms with Crippen LogP contribution in [0.25, 0.3) is 0 Å². The molecule has 5 nitrogen and oxygen atoms in total. The fourth-order valence-corrected chi connectivity index (χ4v) is 1.48. The molecule has 1 aromatic heterocycles. The lowest BCUT2D eigenvalue weighted by atomic mass is 10.2. The number of phenols is 1. The van der Waals surface area contributed by atoms with Crippen molar-refractivity contribution in [3.05, 3.63) is 48.3 Å². The second-order valence-electron chi connectivity index (χ2n) is 3.82. The summed E-state index contributed by atoms with van der Waals surface area (Å²) >= 11 is 0. The van der Waals surface area contributed by atoms with E-state index >= 15 is 0 Å². The van der Waals surface area contributed by atoms with Crippen molar-refractivity contribution in [1.29, 1.82) is 0 Å². The van der Waals surface area contributed by atoms with Crippen LogP contribution in [0.3, 0.4) is 0 Å². The van der Waals surface area contributed by atoms with Crippen LogP contribution in [0, 0.1) is 0 Å². The van der Waals surface area contributed by atoms with E-state index in [2.05, 4.69) is 10.3 Å². The lowest BCUT2D eigenvalue weighted by Gasteiger charge is -2.06. The molecule has 5 heteroatoms. The summed E-state index contributed by atoms with van der Waals surface area (Å²) in [4.78, 5) is 15.8. The fourth-order valence-electron chi connectivity index (χ4n) is 1.48. The summed E-state index contributed by atoms with van der Waals surface area (Å²) in [6.45, 7) is 0. The van der Waals surface area contributed by atoms with E-state index in [9.17, 15) is 9.90 Å². The van der Waals surface area contributed by atoms with Crippen LogP contribution in [0.4, 0.5) is 11.4 Å². The van der Waals surface area contributed by atoms with Crippen LogP contribution in [0.2, 0.25) is 0 Å². The summed E-state index contributed by atoms with van der Waals surface area (Å²) in [7, 11) is 0. The summed E-state index contributed by atoms with van der Waals surface area (Å²) in [5, 5.41) is 12.1. The maximum atomic E-state index is 11.7. The summed E-state index contributed by atoms with van der Waals surface area (Å²) in [5.74, 6) is -0.204. The zero-order valence-electron chi connectivity index (χ0n) is 9.63. The first-order valence-corrected chi connectivity index (χ1v) is 5.43. The van der Waals surface area contributed by atoms with E-state index in [1.807, 2.05) is 0 Å². The van der Waals surface area contributed by atoms with E-state index in [1.54, 1.807) is 30.3 Å². The van der Waals surface area contributed by atoms with Gasteiger partial charge in [-0.25, -0.2) is 0 Å². The van der Waals surface area contributed by atoms with Crippen LogP contribution >= 0.6 is 0 Å². The third kappa shape index (κ3) is 2.98. The number of hydrogen-bond donors (Lipinski definition) is 3. The molecular weight excluding hydrogens is 230 g/mol. The minimum Gasteiger partial charge on any atom is -0.506 e. The van der Waals surface area contributed by atoms with Crippen molar-refractivity contribution in [2.75, 3.05) is 11.1 Å². The number of carbonyl (C=O) groups is 1. The molecule has 0 spiro atoms. The van der Waals surface area contributed by atoms with Crippen molar-refractivity contribution < 1.29 is 9.90 Å². The Bertz CT molecular complexity index is 552. The third-order valence-electron chi connectivity index (χ3n) is 2.37. The minimum atomic E-state index is -0.242. The molecule has 1 aromatic carbocycles. The largest absolute Gasteiger partial charge is 0.506 e. The van der Waals surface area contributed by atoms with Gasteiger partial charge in [-0.15, -0.1) is 0 Å². The first kappa shape index (κ1) is 11.9. The van der Waals surface area contributed by atoms with Gasteiger partial charge < -0.3 is 16.2 Å². The number of nitrogens with one attached hydrogen (secondary N) is 1. The summed E-state index contributed by atoms with van der Waals surface area (Å²) in [6, 6.07) is 9.94. The zero-order valence-corrected chi connectivity index (χ0v) is 9.63. The lowest BCUT2D eigenvalue weighted by Crippen LogP contribution is -2.15. The highest BCUT2D eigenvalue weighted by molar-refractivity contribution is 5.93. The van der Waals surface area contributed by atoms with Gasteiger partial charge in [0.1, 0.15) is 5.75 Å². The van der Waals surface area contributed by atoms with Crippen molar-refractivity contribution in [1.82, 2.24) is 4.98 Å². The second kappa shape index (κ2) is 5.18. The van der Waals surface area contributed by atoms with Crippen LogP contribution in [0.15, 0.2) is 42.6 Å². The molecule has 2 rings (SSSR count). The van der Waals surface area contributed by atoms with E-state index < -0.39 is 0 Å². The second-order valence-corrected chi connectivity index (χ2v) is 3.82. The van der Waals surface area contributed by atoms with E-state index in [4.69, 9.17) is 5.73 Å². The van der Waals surface area contributed by atoms with Gasteiger partial charge in [0.15, 0.2) is 0 Å². The number of aromatic nitrogens is 1. The molecule has 1 heterocycles. The average molecular weight is 243 g/mol. The number of para-hydroxylation sites is 2. The number of hydrogen-bond acceptors (Lipinski definition) is 4. The number of anilines is 2. The average Bonchev–Trinajstić information content (AvgIpc) is 2.35. The lowest BCUT2D eigenvalue weighted by molar-refractivity contribution is -0.115. The van der Waals surface area contributed by atoms with E-state index in [0.29, 0.717) is 17.1 Å². The highest BCUT2D eigenvalue weighted by Gasteiger charge is 2.07. The van der Waals surface area contributed by atoms with Crippen molar-refractivity contribution in [2.45, 2.75) is 6.42 Å². The summed E-state index contributed by atoms with van der Waals surface area (Å²) in [6.07, 6.45) is 1.64. The van der Waals surface area contributed by atoms with Crippen molar-refractivity contribution in [3.63, 3.8) is 0 Å². The van der Waals surface area contributed by atoms with Gasteiger partial charge in [0, 0.05) is 5.69 Å². The van der Waals surface area contributed by atoms with Gasteiger partial charge in [0.05, 0.1) is 24.0 Å². The number of benzene rings is 1. The number of carbonyl (C=O) groups excluding carboxylic acids is 1. The molecule has 4 N–H and O–H groups in total. The topological polar surface area (TPSA) is 88.2 Å².